The van der Waals surface area contributed by atoms with E-state index in [1.54, 1.807) is 0 Å². The average molecular weight is 577 g/mol. The van der Waals surface area contributed by atoms with Gasteiger partial charge in [-0.15, -0.1) is 0 Å². The Kier molecular flexibility index (Phi) is 6.36. The molecule has 216 valence electrons. The van der Waals surface area contributed by atoms with Crippen molar-refractivity contribution in [2.24, 2.45) is 0 Å². The highest BCUT2D eigenvalue weighted by Crippen LogP contribution is 2.63. The second-order valence-corrected chi connectivity index (χ2v) is 12.8. The third-order valence-corrected chi connectivity index (χ3v) is 9.81. The topological polar surface area (TPSA) is 0 Å². The molecule has 0 atom stereocenters. The summed E-state index contributed by atoms with van der Waals surface area (Å²) in [5, 5.41) is 0. The summed E-state index contributed by atoms with van der Waals surface area (Å²) in [5.74, 6) is 0. The van der Waals surface area contributed by atoms with Gasteiger partial charge in [-0.2, -0.15) is 0 Å². The minimum Gasteiger partial charge on any atom is -0.0622 e. The molecule has 0 unspecified atom stereocenters. The zero-order valence-corrected chi connectivity index (χ0v) is 26.4. The molecule has 8 rings (SSSR count). The molecule has 45 heavy (non-hydrogen) atoms. The molecule has 2 aliphatic carbocycles. The molecule has 0 aliphatic heterocycles. The first-order valence-electron chi connectivity index (χ1n) is 15.9. The molecule has 0 saturated carbocycles. The molecular weight excluding hydrogens is 540 g/mol. The lowest BCUT2D eigenvalue weighted by Gasteiger charge is -2.44. The van der Waals surface area contributed by atoms with Gasteiger partial charge in [-0.1, -0.05) is 168 Å². The Bertz CT molecular complexity index is 2090. The molecule has 0 nitrogen and oxygen atoms in total. The summed E-state index contributed by atoms with van der Waals surface area (Å²) in [7, 11) is 0. The minimum absolute atomic E-state index is 0.543. The third-order valence-electron chi connectivity index (χ3n) is 9.81. The van der Waals surface area contributed by atoms with Gasteiger partial charge in [0.2, 0.25) is 0 Å². The number of fused-ring (bicyclic) bond motifs is 4. The molecular formula is C45H36. The summed E-state index contributed by atoms with van der Waals surface area (Å²) in [4.78, 5) is 0. The van der Waals surface area contributed by atoms with Crippen molar-refractivity contribution in [3.05, 3.63) is 218 Å². The summed E-state index contributed by atoms with van der Waals surface area (Å²) in [6, 6.07) is 55.0. The first kappa shape index (κ1) is 27.4. The van der Waals surface area contributed by atoms with E-state index >= 15 is 0 Å². The van der Waals surface area contributed by atoms with Crippen molar-refractivity contribution in [2.75, 3.05) is 0 Å². The molecule has 0 spiro atoms. The van der Waals surface area contributed by atoms with Crippen LogP contribution < -0.4 is 0 Å². The van der Waals surface area contributed by atoms with Gasteiger partial charge in [0, 0.05) is 0 Å². The SMILES string of the molecule is Cc1ccc(C2=C3C(=C(c4ccccc4)c4ccccc4C3(c3ccc(C)cc3)c3ccc(C)cc3)c3cc(C)ccc32)cc1. The third kappa shape index (κ3) is 4.13. The molecule has 0 heteroatoms. The van der Waals surface area contributed by atoms with Crippen LogP contribution in [0.15, 0.2) is 151 Å². The molecule has 2 aliphatic rings. The van der Waals surface area contributed by atoms with Gasteiger partial charge < -0.3 is 0 Å². The molecule has 0 N–H and O–H groups in total. The van der Waals surface area contributed by atoms with Gasteiger partial charge in [0.1, 0.15) is 0 Å². The molecule has 0 aromatic heterocycles. The van der Waals surface area contributed by atoms with Crippen molar-refractivity contribution < 1.29 is 0 Å². The molecule has 0 radical (unpaired) electrons. The van der Waals surface area contributed by atoms with Gasteiger partial charge in [-0.25, -0.2) is 0 Å². The van der Waals surface area contributed by atoms with E-state index in [-0.39, 0.29) is 0 Å². The number of hydrogen-bond donors (Lipinski definition) is 0. The largest absolute Gasteiger partial charge is 0.0720 e. The lowest BCUT2D eigenvalue weighted by molar-refractivity contribution is 0.744. The number of allylic oxidation sites excluding steroid dienone is 2. The average Bonchev–Trinajstić information content (AvgIpc) is 3.39. The number of rotatable bonds is 4. The molecule has 6 aromatic rings. The Labute approximate surface area is 267 Å². The Morgan fingerprint density at radius 1 is 0.356 bits per heavy atom. The molecule has 6 aromatic carbocycles. The maximum absolute atomic E-state index is 2.41. The van der Waals surface area contributed by atoms with Gasteiger partial charge in [-0.3, -0.25) is 0 Å². The first-order valence-corrected chi connectivity index (χ1v) is 15.9. The van der Waals surface area contributed by atoms with Crippen molar-refractivity contribution in [1.29, 1.82) is 0 Å². The van der Waals surface area contributed by atoms with Crippen LogP contribution in [-0.4, -0.2) is 0 Å². The van der Waals surface area contributed by atoms with Crippen LogP contribution in [0.25, 0.3) is 16.7 Å². The fraction of sp³-hybridized carbons (Fsp3) is 0.111. The maximum atomic E-state index is 2.41. The monoisotopic (exact) mass is 576 g/mol. The highest BCUT2D eigenvalue weighted by molar-refractivity contribution is 6.19. The van der Waals surface area contributed by atoms with Gasteiger partial charge >= 0.3 is 0 Å². The van der Waals surface area contributed by atoms with Gasteiger partial charge in [-0.05, 0) is 94.5 Å². The molecule has 0 heterocycles. The van der Waals surface area contributed by atoms with E-state index in [9.17, 15) is 0 Å². The van der Waals surface area contributed by atoms with Gasteiger partial charge in [0.15, 0.2) is 0 Å². The quantitative estimate of drug-likeness (QED) is 0.196. The standard InChI is InChI=1S/C45H36/c1-29-14-21-34(22-15-29)42-37-27-20-32(4)28-39(37)43-41(33-10-6-5-7-11-33)38-12-8-9-13-40(38)45(44(42)43,35-23-16-30(2)17-24-35)36-25-18-31(3)19-26-36/h5-28H,1-4H3. The Morgan fingerprint density at radius 3 is 1.49 bits per heavy atom. The summed E-state index contributed by atoms with van der Waals surface area (Å²) in [5.41, 5.74) is 20.2. The Balaban J connectivity index is 1.66. The van der Waals surface area contributed by atoms with E-state index in [0.717, 1.165) is 0 Å². The second-order valence-electron chi connectivity index (χ2n) is 12.8. The van der Waals surface area contributed by atoms with Crippen LogP contribution in [0.2, 0.25) is 0 Å². The molecule has 0 fully saturated rings. The van der Waals surface area contributed by atoms with Crippen LogP contribution in [0.4, 0.5) is 0 Å². The van der Waals surface area contributed by atoms with Crippen LogP contribution in [-0.2, 0) is 5.41 Å². The van der Waals surface area contributed by atoms with E-state index in [1.807, 2.05) is 0 Å². The fourth-order valence-electron chi connectivity index (χ4n) is 7.71. The number of benzene rings is 6. The highest BCUT2D eigenvalue weighted by Gasteiger charge is 2.51. The first-order chi connectivity index (χ1) is 22.0. The predicted octanol–water partition coefficient (Wildman–Crippen LogP) is 11.0. The van der Waals surface area contributed by atoms with Crippen molar-refractivity contribution in [2.45, 2.75) is 33.1 Å². The molecule has 0 amide bonds. The Hall–Kier alpha value is -5.20. The predicted molar refractivity (Wildman–Crippen MR) is 189 cm³/mol. The lowest BCUT2D eigenvalue weighted by Crippen LogP contribution is -2.36. The van der Waals surface area contributed by atoms with E-state index in [1.165, 1.54) is 89.1 Å². The summed E-state index contributed by atoms with van der Waals surface area (Å²) in [6.45, 7) is 8.76. The second kappa shape index (κ2) is 10.5. The minimum atomic E-state index is -0.543. The van der Waals surface area contributed by atoms with Crippen molar-refractivity contribution in [1.82, 2.24) is 0 Å². The summed E-state index contributed by atoms with van der Waals surface area (Å²) in [6.07, 6.45) is 0. The van der Waals surface area contributed by atoms with Crippen LogP contribution in [0.5, 0.6) is 0 Å². The van der Waals surface area contributed by atoms with Crippen molar-refractivity contribution in [3.63, 3.8) is 0 Å². The van der Waals surface area contributed by atoms with Crippen LogP contribution in [0, 0.1) is 27.7 Å². The van der Waals surface area contributed by atoms with Crippen molar-refractivity contribution in [3.8, 4) is 0 Å². The van der Waals surface area contributed by atoms with Crippen molar-refractivity contribution >= 4 is 16.7 Å². The van der Waals surface area contributed by atoms with Gasteiger partial charge in [0.25, 0.3) is 0 Å². The normalized spacial score (nSPS) is 14.7. The Morgan fingerprint density at radius 2 is 0.867 bits per heavy atom. The van der Waals surface area contributed by atoms with Crippen LogP contribution >= 0.6 is 0 Å². The highest BCUT2D eigenvalue weighted by atomic mass is 14.5. The van der Waals surface area contributed by atoms with E-state index in [4.69, 9.17) is 0 Å². The summed E-state index contributed by atoms with van der Waals surface area (Å²) < 4.78 is 0. The lowest BCUT2D eigenvalue weighted by atomic mass is 9.57. The van der Waals surface area contributed by atoms with Crippen LogP contribution in [0.3, 0.4) is 0 Å². The smallest absolute Gasteiger partial charge is 0.0622 e. The van der Waals surface area contributed by atoms with Gasteiger partial charge in [0.05, 0.1) is 5.41 Å². The molecule has 0 bridgehead atoms. The van der Waals surface area contributed by atoms with E-state index in [2.05, 4.69) is 173 Å². The van der Waals surface area contributed by atoms with E-state index < -0.39 is 5.41 Å². The van der Waals surface area contributed by atoms with E-state index in [0.29, 0.717) is 0 Å². The fourth-order valence-corrected chi connectivity index (χ4v) is 7.71. The number of aryl methyl sites for hydroxylation is 4. The number of hydrogen-bond acceptors (Lipinski definition) is 0. The zero-order valence-electron chi connectivity index (χ0n) is 26.4. The van der Waals surface area contributed by atoms with Crippen LogP contribution in [0.1, 0.15) is 66.8 Å². The maximum Gasteiger partial charge on any atom is 0.0720 e. The molecule has 0 saturated heterocycles. The zero-order chi connectivity index (χ0) is 30.7. The summed E-state index contributed by atoms with van der Waals surface area (Å²) >= 11 is 0.